The van der Waals surface area contributed by atoms with Crippen LogP contribution in [0.1, 0.15) is 21.7 Å². The molecule has 0 spiro atoms. The Morgan fingerprint density at radius 1 is 0.970 bits per heavy atom. The number of benzene rings is 3. The van der Waals surface area contributed by atoms with Crippen molar-refractivity contribution in [3.63, 3.8) is 0 Å². The molecule has 1 amide bonds. The van der Waals surface area contributed by atoms with E-state index in [0.717, 1.165) is 22.4 Å². The van der Waals surface area contributed by atoms with Gasteiger partial charge in [-0.2, -0.15) is 0 Å². The van der Waals surface area contributed by atoms with Crippen LogP contribution >= 0.6 is 11.6 Å². The zero-order valence-corrected chi connectivity index (χ0v) is 19.3. The third-order valence-corrected chi connectivity index (χ3v) is 5.72. The van der Waals surface area contributed by atoms with Crippen molar-refractivity contribution in [1.29, 1.82) is 0 Å². The van der Waals surface area contributed by atoms with Gasteiger partial charge in [0, 0.05) is 10.6 Å². The van der Waals surface area contributed by atoms with Crippen molar-refractivity contribution < 1.29 is 19.0 Å². The lowest BCUT2D eigenvalue weighted by Gasteiger charge is -2.14. The summed E-state index contributed by atoms with van der Waals surface area (Å²) in [6, 6.07) is 18.8. The molecule has 3 aromatic carbocycles. The summed E-state index contributed by atoms with van der Waals surface area (Å²) in [6.45, 7) is 0.768. The van der Waals surface area contributed by atoms with Crippen LogP contribution in [0.3, 0.4) is 0 Å². The standard InChI is InChI=1S/C25H24ClN3O4/c1-31-21-12-17(13-22(32-2)24(21)33-3)25(30)27-14-23-28-19-10-6-7-11-20(19)29(23)15-16-8-4-5-9-18(16)26/h4-13H,14-15H2,1-3H3,(H,27,30). The van der Waals surface area contributed by atoms with E-state index < -0.39 is 0 Å². The zero-order chi connectivity index (χ0) is 23.4. The second kappa shape index (κ2) is 9.83. The first kappa shape index (κ1) is 22.5. The Hall–Kier alpha value is -3.71. The van der Waals surface area contributed by atoms with E-state index >= 15 is 0 Å². The summed E-state index contributed by atoms with van der Waals surface area (Å²) in [5, 5.41) is 3.63. The number of carbonyl (C=O) groups is 1. The smallest absolute Gasteiger partial charge is 0.251 e. The van der Waals surface area contributed by atoms with Crippen molar-refractivity contribution in [3.8, 4) is 17.2 Å². The maximum absolute atomic E-state index is 13.0. The molecule has 0 aliphatic rings. The fourth-order valence-electron chi connectivity index (χ4n) is 3.71. The maximum Gasteiger partial charge on any atom is 0.251 e. The van der Waals surface area contributed by atoms with Crippen LogP contribution in [0.15, 0.2) is 60.7 Å². The maximum atomic E-state index is 13.0. The van der Waals surface area contributed by atoms with Gasteiger partial charge in [0.05, 0.1) is 45.5 Å². The number of nitrogens with zero attached hydrogens (tertiary/aromatic N) is 2. The van der Waals surface area contributed by atoms with Gasteiger partial charge in [0.1, 0.15) is 5.82 Å². The number of rotatable bonds is 8. The van der Waals surface area contributed by atoms with E-state index in [2.05, 4.69) is 9.88 Å². The van der Waals surface area contributed by atoms with Gasteiger partial charge in [-0.15, -0.1) is 0 Å². The highest BCUT2D eigenvalue weighted by molar-refractivity contribution is 6.31. The Morgan fingerprint density at radius 3 is 2.30 bits per heavy atom. The first-order valence-electron chi connectivity index (χ1n) is 10.3. The number of para-hydroxylation sites is 2. The lowest BCUT2D eigenvalue weighted by atomic mass is 10.1. The van der Waals surface area contributed by atoms with Gasteiger partial charge in [0.25, 0.3) is 5.91 Å². The normalized spacial score (nSPS) is 10.8. The number of fused-ring (bicyclic) bond motifs is 1. The van der Waals surface area contributed by atoms with Crippen molar-refractivity contribution >= 4 is 28.5 Å². The molecule has 0 saturated heterocycles. The predicted molar refractivity (Wildman–Crippen MR) is 128 cm³/mol. The summed E-state index contributed by atoms with van der Waals surface area (Å²) < 4.78 is 18.1. The quantitative estimate of drug-likeness (QED) is 0.408. The van der Waals surface area contributed by atoms with Crippen LogP contribution in [0.5, 0.6) is 17.2 Å². The number of imidazole rings is 1. The minimum Gasteiger partial charge on any atom is -0.493 e. The van der Waals surface area contributed by atoms with Gasteiger partial charge >= 0.3 is 0 Å². The van der Waals surface area contributed by atoms with Gasteiger partial charge in [0.15, 0.2) is 11.5 Å². The lowest BCUT2D eigenvalue weighted by molar-refractivity contribution is 0.0948. The minimum absolute atomic E-state index is 0.231. The van der Waals surface area contributed by atoms with E-state index in [1.165, 1.54) is 21.3 Å². The van der Waals surface area contributed by atoms with Gasteiger partial charge in [0.2, 0.25) is 5.75 Å². The number of nitrogens with one attached hydrogen (secondary N) is 1. The van der Waals surface area contributed by atoms with E-state index in [1.807, 2.05) is 48.5 Å². The average Bonchev–Trinajstić information content (AvgIpc) is 3.20. The highest BCUT2D eigenvalue weighted by Gasteiger charge is 2.18. The first-order chi connectivity index (χ1) is 16.0. The molecule has 0 atom stereocenters. The van der Waals surface area contributed by atoms with Gasteiger partial charge in [-0.25, -0.2) is 4.98 Å². The van der Waals surface area contributed by atoms with Gasteiger partial charge in [-0.1, -0.05) is 41.9 Å². The number of methoxy groups -OCH3 is 3. The molecule has 0 radical (unpaired) electrons. The molecule has 170 valence electrons. The Morgan fingerprint density at radius 2 is 1.64 bits per heavy atom. The first-order valence-corrected chi connectivity index (χ1v) is 10.7. The number of halogens is 1. The molecule has 0 aliphatic heterocycles. The summed E-state index contributed by atoms with van der Waals surface area (Å²) in [7, 11) is 4.54. The number of carbonyl (C=O) groups excluding carboxylic acids is 1. The number of hydrogen-bond donors (Lipinski definition) is 1. The molecule has 0 fully saturated rings. The van der Waals surface area contributed by atoms with Crippen molar-refractivity contribution in [3.05, 3.63) is 82.6 Å². The molecule has 33 heavy (non-hydrogen) atoms. The summed E-state index contributed by atoms with van der Waals surface area (Å²) in [6.07, 6.45) is 0. The number of aromatic nitrogens is 2. The van der Waals surface area contributed by atoms with E-state index in [0.29, 0.717) is 34.4 Å². The van der Waals surface area contributed by atoms with Crippen molar-refractivity contribution in [2.45, 2.75) is 13.1 Å². The minimum atomic E-state index is -0.286. The Labute approximate surface area is 196 Å². The fraction of sp³-hybridized carbons (Fsp3) is 0.200. The SMILES string of the molecule is COc1cc(C(=O)NCc2nc3ccccc3n2Cc2ccccc2Cl)cc(OC)c1OC. The number of hydrogen-bond acceptors (Lipinski definition) is 5. The molecule has 8 heteroatoms. The van der Waals surface area contributed by atoms with Crippen molar-refractivity contribution in [1.82, 2.24) is 14.9 Å². The molecular formula is C25H24ClN3O4. The van der Waals surface area contributed by atoms with Crippen LogP contribution in [0.4, 0.5) is 0 Å². The van der Waals surface area contributed by atoms with Crippen LogP contribution in [-0.2, 0) is 13.1 Å². The lowest BCUT2D eigenvalue weighted by Crippen LogP contribution is -2.25. The van der Waals surface area contributed by atoms with E-state index in [9.17, 15) is 4.79 Å². The molecule has 0 aliphatic carbocycles. The summed E-state index contributed by atoms with van der Waals surface area (Å²) in [5.41, 5.74) is 3.17. The molecule has 1 N–H and O–H groups in total. The topological polar surface area (TPSA) is 74.6 Å². The highest BCUT2D eigenvalue weighted by Crippen LogP contribution is 2.38. The molecule has 0 bridgehead atoms. The van der Waals surface area contributed by atoms with E-state index in [-0.39, 0.29) is 12.5 Å². The second-order valence-electron chi connectivity index (χ2n) is 7.29. The highest BCUT2D eigenvalue weighted by atomic mass is 35.5. The molecular weight excluding hydrogens is 442 g/mol. The second-order valence-corrected chi connectivity index (χ2v) is 7.70. The third-order valence-electron chi connectivity index (χ3n) is 5.35. The molecule has 1 aromatic heterocycles. The van der Waals surface area contributed by atoms with Crippen molar-refractivity contribution in [2.24, 2.45) is 0 Å². The Balaban J connectivity index is 1.62. The van der Waals surface area contributed by atoms with Gasteiger partial charge in [-0.05, 0) is 35.9 Å². The van der Waals surface area contributed by atoms with Crippen LogP contribution in [-0.4, -0.2) is 36.8 Å². The number of ether oxygens (including phenoxy) is 3. The summed E-state index contributed by atoms with van der Waals surface area (Å²) >= 11 is 6.40. The molecule has 1 heterocycles. The van der Waals surface area contributed by atoms with Crippen LogP contribution in [0, 0.1) is 0 Å². The van der Waals surface area contributed by atoms with Gasteiger partial charge < -0.3 is 24.1 Å². The molecule has 7 nitrogen and oxygen atoms in total. The monoisotopic (exact) mass is 465 g/mol. The number of amides is 1. The van der Waals surface area contributed by atoms with Crippen LogP contribution < -0.4 is 19.5 Å². The molecule has 4 rings (SSSR count). The summed E-state index contributed by atoms with van der Waals surface area (Å²) in [4.78, 5) is 17.7. The molecule has 0 saturated carbocycles. The third kappa shape index (κ3) is 4.59. The Kier molecular flexibility index (Phi) is 6.70. The fourth-order valence-corrected chi connectivity index (χ4v) is 3.90. The predicted octanol–water partition coefficient (Wildman–Crippen LogP) is 4.69. The zero-order valence-electron chi connectivity index (χ0n) is 18.6. The van der Waals surface area contributed by atoms with E-state index in [1.54, 1.807) is 12.1 Å². The van der Waals surface area contributed by atoms with Crippen LogP contribution in [0.25, 0.3) is 11.0 Å². The van der Waals surface area contributed by atoms with E-state index in [4.69, 9.17) is 30.8 Å². The summed E-state index contributed by atoms with van der Waals surface area (Å²) in [5.74, 6) is 1.68. The van der Waals surface area contributed by atoms with Gasteiger partial charge in [-0.3, -0.25) is 4.79 Å². The molecule has 4 aromatic rings. The van der Waals surface area contributed by atoms with Crippen molar-refractivity contribution in [2.75, 3.05) is 21.3 Å². The van der Waals surface area contributed by atoms with Crippen LogP contribution in [0.2, 0.25) is 5.02 Å². The molecule has 0 unspecified atom stereocenters. The largest absolute Gasteiger partial charge is 0.493 e. The average molecular weight is 466 g/mol. The Bertz CT molecular complexity index is 1280.